The molecule has 0 amide bonds. The Bertz CT molecular complexity index is 970. The molecule has 0 saturated carbocycles. The summed E-state index contributed by atoms with van der Waals surface area (Å²) in [7, 11) is -3.43. The Hall–Kier alpha value is -2.86. The van der Waals surface area contributed by atoms with Gasteiger partial charge < -0.3 is 4.74 Å². The van der Waals surface area contributed by atoms with Crippen molar-refractivity contribution in [1.82, 2.24) is 4.98 Å². The number of hydrogen-bond acceptors (Lipinski definition) is 4. The minimum atomic E-state index is -3.43. The number of hydrogen-bond donors (Lipinski definition) is 0. The molecule has 0 unspecified atom stereocenters. The zero-order chi connectivity index (χ0) is 19.3. The number of rotatable bonds is 7. The molecule has 6 heteroatoms. The SMILES string of the molecule is CCS(=O)(=O)N(Cc1ccc(C)nc1)c1ccc(Oc2ccccc2)cc1. The van der Waals surface area contributed by atoms with Crippen molar-refractivity contribution in [1.29, 1.82) is 0 Å². The second-order valence-electron chi connectivity index (χ2n) is 6.12. The molecule has 3 aromatic rings. The molecule has 140 valence electrons. The summed E-state index contributed by atoms with van der Waals surface area (Å²) >= 11 is 0. The number of aryl methyl sites for hydroxylation is 1. The van der Waals surface area contributed by atoms with Crippen LogP contribution in [-0.4, -0.2) is 19.2 Å². The van der Waals surface area contributed by atoms with Gasteiger partial charge in [-0.15, -0.1) is 0 Å². The normalized spacial score (nSPS) is 11.2. The number of para-hydroxylation sites is 1. The summed E-state index contributed by atoms with van der Waals surface area (Å²) in [4.78, 5) is 4.25. The lowest BCUT2D eigenvalue weighted by Crippen LogP contribution is -2.31. The molecule has 0 aliphatic rings. The highest BCUT2D eigenvalue weighted by atomic mass is 32.2. The largest absolute Gasteiger partial charge is 0.457 e. The number of aromatic nitrogens is 1. The van der Waals surface area contributed by atoms with Crippen molar-refractivity contribution in [2.45, 2.75) is 20.4 Å². The summed E-state index contributed by atoms with van der Waals surface area (Å²) in [5, 5.41) is 0. The van der Waals surface area contributed by atoms with E-state index in [0.29, 0.717) is 11.4 Å². The van der Waals surface area contributed by atoms with E-state index in [2.05, 4.69) is 4.98 Å². The average Bonchev–Trinajstić information content (AvgIpc) is 2.69. The lowest BCUT2D eigenvalue weighted by molar-refractivity contribution is 0.482. The summed E-state index contributed by atoms with van der Waals surface area (Å²) in [6.45, 7) is 3.78. The van der Waals surface area contributed by atoms with Gasteiger partial charge in [0.25, 0.3) is 0 Å². The van der Waals surface area contributed by atoms with Crippen molar-refractivity contribution in [3.05, 3.63) is 84.2 Å². The first kappa shape index (κ1) is 18.9. The highest BCUT2D eigenvalue weighted by Crippen LogP contribution is 2.27. The second kappa shape index (κ2) is 8.22. The van der Waals surface area contributed by atoms with Crippen LogP contribution in [0.5, 0.6) is 11.5 Å². The summed E-state index contributed by atoms with van der Waals surface area (Å²) in [5.74, 6) is 1.40. The van der Waals surface area contributed by atoms with Crippen LogP contribution in [-0.2, 0) is 16.6 Å². The van der Waals surface area contributed by atoms with Gasteiger partial charge in [0.05, 0.1) is 18.0 Å². The van der Waals surface area contributed by atoms with Gasteiger partial charge in [0.2, 0.25) is 10.0 Å². The third kappa shape index (κ3) is 4.86. The third-order valence-electron chi connectivity index (χ3n) is 4.10. The quantitative estimate of drug-likeness (QED) is 0.602. The summed E-state index contributed by atoms with van der Waals surface area (Å²) in [5.41, 5.74) is 2.33. The molecule has 0 spiro atoms. The van der Waals surface area contributed by atoms with E-state index in [9.17, 15) is 8.42 Å². The predicted molar refractivity (Wildman–Crippen MR) is 108 cm³/mol. The molecule has 0 aliphatic heterocycles. The van der Waals surface area contributed by atoms with Gasteiger partial charge in [-0.05, 0) is 61.9 Å². The van der Waals surface area contributed by atoms with E-state index in [1.54, 1.807) is 37.4 Å². The maximum absolute atomic E-state index is 12.6. The molecule has 0 N–H and O–H groups in total. The van der Waals surface area contributed by atoms with Crippen LogP contribution in [0.25, 0.3) is 0 Å². The number of ether oxygens (including phenoxy) is 1. The third-order valence-corrected chi connectivity index (χ3v) is 5.84. The van der Waals surface area contributed by atoms with Gasteiger partial charge >= 0.3 is 0 Å². The lowest BCUT2D eigenvalue weighted by Gasteiger charge is -2.24. The molecular formula is C21H22N2O3S. The Morgan fingerprint density at radius 3 is 2.19 bits per heavy atom. The van der Waals surface area contributed by atoms with Crippen LogP contribution in [0.4, 0.5) is 5.69 Å². The van der Waals surface area contributed by atoms with E-state index in [1.807, 2.05) is 49.4 Å². The van der Waals surface area contributed by atoms with Crippen molar-refractivity contribution >= 4 is 15.7 Å². The van der Waals surface area contributed by atoms with Crippen LogP contribution in [0, 0.1) is 6.92 Å². The smallest absolute Gasteiger partial charge is 0.235 e. The lowest BCUT2D eigenvalue weighted by atomic mass is 10.2. The first-order valence-corrected chi connectivity index (χ1v) is 10.3. The number of benzene rings is 2. The Balaban J connectivity index is 1.84. The van der Waals surface area contributed by atoms with Gasteiger partial charge in [-0.1, -0.05) is 24.3 Å². The van der Waals surface area contributed by atoms with Crippen molar-refractivity contribution < 1.29 is 13.2 Å². The Morgan fingerprint density at radius 1 is 0.926 bits per heavy atom. The molecule has 3 rings (SSSR count). The first-order chi connectivity index (χ1) is 13.0. The first-order valence-electron chi connectivity index (χ1n) is 8.73. The van der Waals surface area contributed by atoms with Crippen LogP contribution in [0.1, 0.15) is 18.2 Å². The van der Waals surface area contributed by atoms with Crippen LogP contribution in [0.3, 0.4) is 0 Å². The van der Waals surface area contributed by atoms with Gasteiger partial charge in [-0.3, -0.25) is 9.29 Å². The molecule has 1 aromatic heterocycles. The van der Waals surface area contributed by atoms with Gasteiger partial charge in [0.15, 0.2) is 0 Å². The number of pyridine rings is 1. The number of anilines is 1. The monoisotopic (exact) mass is 382 g/mol. The molecule has 5 nitrogen and oxygen atoms in total. The van der Waals surface area contributed by atoms with Gasteiger partial charge in [0, 0.05) is 11.9 Å². The maximum Gasteiger partial charge on any atom is 0.235 e. The van der Waals surface area contributed by atoms with Crippen molar-refractivity contribution in [3.8, 4) is 11.5 Å². The van der Waals surface area contributed by atoms with Crippen molar-refractivity contribution in [2.24, 2.45) is 0 Å². The fourth-order valence-corrected chi connectivity index (χ4v) is 3.67. The van der Waals surface area contributed by atoms with Crippen LogP contribution in [0.15, 0.2) is 72.9 Å². The number of sulfonamides is 1. The summed E-state index contributed by atoms with van der Waals surface area (Å²) < 4.78 is 32.4. The van der Waals surface area contributed by atoms with E-state index in [-0.39, 0.29) is 12.3 Å². The van der Waals surface area contributed by atoms with Crippen molar-refractivity contribution in [2.75, 3.05) is 10.1 Å². The number of nitrogens with zero attached hydrogens (tertiary/aromatic N) is 2. The molecule has 0 atom stereocenters. The van der Waals surface area contributed by atoms with Crippen LogP contribution >= 0.6 is 0 Å². The second-order valence-corrected chi connectivity index (χ2v) is 8.31. The molecule has 0 fully saturated rings. The highest BCUT2D eigenvalue weighted by Gasteiger charge is 2.21. The molecule has 0 saturated heterocycles. The van der Waals surface area contributed by atoms with Gasteiger partial charge in [0.1, 0.15) is 11.5 Å². The average molecular weight is 382 g/mol. The summed E-state index contributed by atoms with van der Waals surface area (Å²) in [6.07, 6.45) is 1.71. The maximum atomic E-state index is 12.6. The predicted octanol–water partition coefficient (Wildman–Crippen LogP) is 4.54. The van der Waals surface area contributed by atoms with Gasteiger partial charge in [-0.25, -0.2) is 8.42 Å². The molecule has 0 bridgehead atoms. The van der Waals surface area contributed by atoms with Crippen LogP contribution in [0.2, 0.25) is 0 Å². The molecule has 27 heavy (non-hydrogen) atoms. The molecule has 2 aromatic carbocycles. The standard InChI is InChI=1S/C21H22N2O3S/c1-3-27(24,25)23(16-18-10-9-17(2)22-15-18)19-11-13-21(14-12-19)26-20-7-5-4-6-8-20/h4-15H,3,16H2,1-2H3. The van der Waals surface area contributed by atoms with E-state index >= 15 is 0 Å². The zero-order valence-corrected chi connectivity index (χ0v) is 16.2. The molecule has 0 radical (unpaired) electrons. The molecule has 1 heterocycles. The molecule has 0 aliphatic carbocycles. The van der Waals surface area contributed by atoms with Crippen molar-refractivity contribution in [3.63, 3.8) is 0 Å². The Morgan fingerprint density at radius 2 is 1.59 bits per heavy atom. The van der Waals surface area contributed by atoms with E-state index < -0.39 is 10.0 Å². The Labute approximate surface area is 160 Å². The summed E-state index contributed by atoms with van der Waals surface area (Å²) in [6, 6.07) is 20.3. The topological polar surface area (TPSA) is 59.5 Å². The van der Waals surface area contributed by atoms with E-state index in [1.165, 1.54) is 4.31 Å². The zero-order valence-electron chi connectivity index (χ0n) is 15.4. The minimum absolute atomic E-state index is 0.0224. The Kier molecular flexibility index (Phi) is 5.76. The van der Waals surface area contributed by atoms with Crippen LogP contribution < -0.4 is 9.04 Å². The minimum Gasteiger partial charge on any atom is -0.457 e. The van der Waals surface area contributed by atoms with E-state index in [4.69, 9.17) is 4.74 Å². The van der Waals surface area contributed by atoms with Gasteiger partial charge in [-0.2, -0.15) is 0 Å². The highest BCUT2D eigenvalue weighted by molar-refractivity contribution is 7.92. The fraction of sp³-hybridized carbons (Fsp3) is 0.190. The fourth-order valence-electron chi connectivity index (χ4n) is 2.57. The van der Waals surface area contributed by atoms with E-state index in [0.717, 1.165) is 17.0 Å². The molecular weight excluding hydrogens is 360 g/mol.